The maximum absolute atomic E-state index is 13.1. The van der Waals surface area contributed by atoms with Crippen LogP contribution in [0.4, 0.5) is 4.39 Å². The Labute approximate surface area is 115 Å². The van der Waals surface area contributed by atoms with Gasteiger partial charge in [-0.1, -0.05) is 11.3 Å². The molecule has 1 saturated carbocycles. The molecule has 1 fully saturated rings. The Kier molecular flexibility index (Phi) is 3.57. The quantitative estimate of drug-likeness (QED) is 0.913. The molecule has 0 saturated heterocycles. The lowest BCUT2D eigenvalue weighted by Gasteiger charge is -2.00. The zero-order valence-corrected chi connectivity index (χ0v) is 11.6. The Balaban J connectivity index is 1.68. The molecule has 1 aromatic heterocycles. The molecule has 1 N–H and O–H groups in total. The highest BCUT2D eigenvalue weighted by Gasteiger charge is 2.20. The molecule has 0 unspecified atom stereocenters. The van der Waals surface area contributed by atoms with Crippen molar-refractivity contribution >= 4 is 11.3 Å². The van der Waals surface area contributed by atoms with Crippen LogP contribution in [0.15, 0.2) is 18.2 Å². The highest BCUT2D eigenvalue weighted by molar-refractivity contribution is 7.14. The number of aryl methyl sites for hydroxylation is 1. The third kappa shape index (κ3) is 3.16. The van der Waals surface area contributed by atoms with E-state index in [1.165, 1.54) is 25.0 Å². The number of aromatic nitrogens is 2. The number of hydrogen-bond acceptors (Lipinski definition) is 4. The molecule has 0 spiro atoms. The van der Waals surface area contributed by atoms with Crippen molar-refractivity contribution in [1.29, 1.82) is 0 Å². The van der Waals surface area contributed by atoms with E-state index < -0.39 is 0 Å². The largest absolute Gasteiger partial charge is 0.314 e. The van der Waals surface area contributed by atoms with E-state index in [4.69, 9.17) is 0 Å². The van der Waals surface area contributed by atoms with Crippen molar-refractivity contribution in [3.63, 3.8) is 0 Å². The normalized spacial score (nSPS) is 14.8. The van der Waals surface area contributed by atoms with Crippen LogP contribution in [0.5, 0.6) is 0 Å². The van der Waals surface area contributed by atoms with E-state index >= 15 is 0 Å². The molecular formula is C14H16FN3S. The summed E-state index contributed by atoms with van der Waals surface area (Å²) in [6.45, 7) is 2.86. The fourth-order valence-electron chi connectivity index (χ4n) is 2.00. The van der Waals surface area contributed by atoms with E-state index in [9.17, 15) is 4.39 Å². The van der Waals surface area contributed by atoms with Crippen molar-refractivity contribution in [2.45, 2.75) is 32.2 Å². The van der Waals surface area contributed by atoms with Gasteiger partial charge in [-0.3, -0.25) is 0 Å². The van der Waals surface area contributed by atoms with Gasteiger partial charge in [0, 0.05) is 24.6 Å². The highest BCUT2D eigenvalue weighted by atomic mass is 32.1. The van der Waals surface area contributed by atoms with Crippen LogP contribution in [-0.2, 0) is 6.42 Å². The number of benzene rings is 1. The fourth-order valence-corrected chi connectivity index (χ4v) is 2.93. The predicted octanol–water partition coefficient (Wildman–Crippen LogP) is 2.95. The molecular weight excluding hydrogens is 261 g/mol. The minimum absolute atomic E-state index is 0.209. The molecule has 0 aliphatic heterocycles. The SMILES string of the molecule is Cc1cc(F)ccc1-c1nnc(CCNC2CC2)s1. The molecule has 19 heavy (non-hydrogen) atoms. The average Bonchev–Trinajstić information content (AvgIpc) is 3.07. The van der Waals surface area contributed by atoms with Gasteiger partial charge >= 0.3 is 0 Å². The van der Waals surface area contributed by atoms with Crippen LogP contribution in [0, 0.1) is 12.7 Å². The van der Waals surface area contributed by atoms with E-state index in [1.807, 2.05) is 6.92 Å². The molecule has 1 aliphatic rings. The zero-order chi connectivity index (χ0) is 13.2. The predicted molar refractivity (Wildman–Crippen MR) is 74.8 cm³/mol. The summed E-state index contributed by atoms with van der Waals surface area (Å²) in [5.41, 5.74) is 1.87. The maximum atomic E-state index is 13.1. The van der Waals surface area contributed by atoms with Gasteiger partial charge in [-0.25, -0.2) is 4.39 Å². The van der Waals surface area contributed by atoms with Crippen LogP contribution in [0.2, 0.25) is 0 Å². The highest BCUT2D eigenvalue weighted by Crippen LogP contribution is 2.27. The Morgan fingerprint density at radius 2 is 2.21 bits per heavy atom. The van der Waals surface area contributed by atoms with Crippen molar-refractivity contribution in [3.05, 3.63) is 34.6 Å². The van der Waals surface area contributed by atoms with Gasteiger partial charge in [0.1, 0.15) is 15.8 Å². The lowest BCUT2D eigenvalue weighted by atomic mass is 10.1. The van der Waals surface area contributed by atoms with E-state index in [-0.39, 0.29) is 5.82 Å². The van der Waals surface area contributed by atoms with Gasteiger partial charge in [0.15, 0.2) is 0 Å². The van der Waals surface area contributed by atoms with E-state index in [0.717, 1.165) is 40.1 Å². The molecule has 0 radical (unpaired) electrons. The number of halogens is 1. The minimum Gasteiger partial charge on any atom is -0.314 e. The Bertz CT molecular complexity index is 578. The van der Waals surface area contributed by atoms with Crippen LogP contribution < -0.4 is 5.32 Å². The lowest BCUT2D eigenvalue weighted by Crippen LogP contribution is -2.19. The van der Waals surface area contributed by atoms with Gasteiger partial charge in [-0.15, -0.1) is 10.2 Å². The molecule has 1 aromatic carbocycles. The molecule has 3 rings (SSSR count). The number of rotatable bonds is 5. The molecule has 1 aliphatic carbocycles. The third-order valence-electron chi connectivity index (χ3n) is 3.23. The van der Waals surface area contributed by atoms with Crippen molar-refractivity contribution in [1.82, 2.24) is 15.5 Å². The molecule has 1 heterocycles. The lowest BCUT2D eigenvalue weighted by molar-refractivity contribution is 0.627. The number of nitrogens with one attached hydrogen (secondary N) is 1. The van der Waals surface area contributed by atoms with Crippen molar-refractivity contribution in [3.8, 4) is 10.6 Å². The van der Waals surface area contributed by atoms with E-state index in [1.54, 1.807) is 17.4 Å². The molecule has 0 amide bonds. The first-order chi connectivity index (χ1) is 9.22. The summed E-state index contributed by atoms with van der Waals surface area (Å²) in [5.74, 6) is -0.209. The maximum Gasteiger partial charge on any atom is 0.148 e. The van der Waals surface area contributed by atoms with Crippen LogP contribution in [0.1, 0.15) is 23.4 Å². The molecule has 5 heteroatoms. The van der Waals surface area contributed by atoms with Gasteiger partial charge in [0.05, 0.1) is 0 Å². The van der Waals surface area contributed by atoms with Crippen molar-refractivity contribution in [2.24, 2.45) is 0 Å². The van der Waals surface area contributed by atoms with Crippen molar-refractivity contribution in [2.75, 3.05) is 6.54 Å². The molecule has 2 aromatic rings. The summed E-state index contributed by atoms with van der Waals surface area (Å²) >= 11 is 1.59. The summed E-state index contributed by atoms with van der Waals surface area (Å²) < 4.78 is 13.1. The molecule has 0 bridgehead atoms. The number of nitrogens with zero attached hydrogens (tertiary/aromatic N) is 2. The molecule has 100 valence electrons. The summed E-state index contributed by atoms with van der Waals surface area (Å²) in [5, 5.41) is 13.8. The average molecular weight is 277 g/mol. The zero-order valence-electron chi connectivity index (χ0n) is 10.8. The summed E-state index contributed by atoms with van der Waals surface area (Å²) in [4.78, 5) is 0. The summed E-state index contributed by atoms with van der Waals surface area (Å²) in [7, 11) is 0. The van der Waals surface area contributed by atoms with Crippen LogP contribution >= 0.6 is 11.3 Å². The monoisotopic (exact) mass is 277 g/mol. The molecule has 3 nitrogen and oxygen atoms in total. The topological polar surface area (TPSA) is 37.8 Å². The third-order valence-corrected chi connectivity index (χ3v) is 4.25. The first-order valence-electron chi connectivity index (χ1n) is 6.54. The minimum atomic E-state index is -0.209. The second kappa shape index (κ2) is 5.35. The second-order valence-corrected chi connectivity index (χ2v) is 6.00. The van der Waals surface area contributed by atoms with Gasteiger partial charge in [-0.2, -0.15) is 0 Å². The first-order valence-corrected chi connectivity index (χ1v) is 7.36. The number of hydrogen-bond donors (Lipinski definition) is 1. The van der Waals surface area contributed by atoms with Crippen LogP contribution in [0.3, 0.4) is 0 Å². The van der Waals surface area contributed by atoms with E-state index in [0.29, 0.717) is 0 Å². The van der Waals surface area contributed by atoms with Gasteiger partial charge in [0.25, 0.3) is 0 Å². The Morgan fingerprint density at radius 1 is 1.37 bits per heavy atom. The Morgan fingerprint density at radius 3 is 2.95 bits per heavy atom. The van der Waals surface area contributed by atoms with Gasteiger partial charge < -0.3 is 5.32 Å². The van der Waals surface area contributed by atoms with Crippen LogP contribution in [0.25, 0.3) is 10.6 Å². The smallest absolute Gasteiger partial charge is 0.148 e. The second-order valence-electron chi connectivity index (χ2n) is 4.94. The van der Waals surface area contributed by atoms with Gasteiger partial charge in [-0.05, 0) is 43.5 Å². The molecule has 0 atom stereocenters. The van der Waals surface area contributed by atoms with Gasteiger partial charge in [0.2, 0.25) is 0 Å². The van der Waals surface area contributed by atoms with E-state index in [2.05, 4.69) is 15.5 Å². The Hall–Kier alpha value is -1.33. The van der Waals surface area contributed by atoms with Crippen molar-refractivity contribution < 1.29 is 4.39 Å². The fraction of sp³-hybridized carbons (Fsp3) is 0.429. The van der Waals surface area contributed by atoms with Crippen LogP contribution in [-0.4, -0.2) is 22.8 Å². The summed E-state index contributed by atoms with van der Waals surface area (Å²) in [6, 6.07) is 5.51. The standard InChI is InChI=1S/C14H16FN3S/c1-9-8-10(15)2-5-12(9)14-18-17-13(19-14)6-7-16-11-3-4-11/h2,5,8,11,16H,3-4,6-7H2,1H3. The first kappa shape index (κ1) is 12.7. The summed E-state index contributed by atoms with van der Waals surface area (Å²) in [6.07, 6.45) is 3.51.